The maximum atomic E-state index is 13.8. The van der Waals surface area contributed by atoms with Crippen molar-refractivity contribution >= 4 is 34.7 Å². The van der Waals surface area contributed by atoms with E-state index in [1.807, 2.05) is 39.4 Å². The number of nitrogens with one attached hydrogen (secondary N) is 1. The molecule has 1 saturated heterocycles. The third-order valence-electron chi connectivity index (χ3n) is 6.53. The molecule has 210 valence electrons. The first kappa shape index (κ1) is 29.2. The summed E-state index contributed by atoms with van der Waals surface area (Å²) in [4.78, 5) is 39.3. The number of aliphatic hydroxyl groups is 1. The lowest BCUT2D eigenvalue weighted by Crippen LogP contribution is -2.55. The van der Waals surface area contributed by atoms with Crippen molar-refractivity contribution in [3.63, 3.8) is 0 Å². The number of amides is 2. The number of carbonyl (C=O) groups is 2. The first-order valence-corrected chi connectivity index (χ1v) is 14.8. The highest BCUT2D eigenvalue weighted by molar-refractivity contribution is 7.13. The molecule has 0 saturated carbocycles. The summed E-state index contributed by atoms with van der Waals surface area (Å²) in [6.07, 6.45) is 1.70. The molecule has 2 N–H and O–H groups in total. The van der Waals surface area contributed by atoms with Gasteiger partial charge in [0.2, 0.25) is 5.91 Å². The quantitative estimate of drug-likeness (QED) is 0.392. The Hall–Kier alpha value is -2.82. The number of aliphatic hydroxyl groups excluding tert-OH is 1. The summed E-state index contributed by atoms with van der Waals surface area (Å²) in [5, 5.41) is 14.1. The summed E-state index contributed by atoms with van der Waals surface area (Å²) in [7, 11) is 0. The molecule has 1 unspecified atom stereocenters. The number of carbonyl (C=O) groups excluding carboxylic acids is 2. The smallest absolute Gasteiger partial charge is 0.408 e. The lowest BCUT2D eigenvalue weighted by molar-refractivity contribution is -0.137. The molecular formula is C29H38N4O4S2. The summed E-state index contributed by atoms with van der Waals surface area (Å²) in [6.45, 7) is 13.3. The van der Waals surface area contributed by atoms with Crippen molar-refractivity contribution < 1.29 is 19.4 Å². The van der Waals surface area contributed by atoms with E-state index in [4.69, 9.17) is 4.74 Å². The van der Waals surface area contributed by atoms with Gasteiger partial charge in [-0.05, 0) is 44.2 Å². The minimum Gasteiger partial charge on any atom is -0.444 e. The highest BCUT2D eigenvalue weighted by atomic mass is 32.1. The number of alkyl carbamates (subject to hydrolysis) is 1. The predicted molar refractivity (Wildman–Crippen MR) is 155 cm³/mol. The van der Waals surface area contributed by atoms with Gasteiger partial charge in [-0.1, -0.05) is 45.0 Å². The first-order valence-electron chi connectivity index (χ1n) is 13.1. The number of nitrogens with zero attached hydrogens (tertiary/aromatic N) is 3. The molecule has 1 aliphatic rings. The Bertz CT molecular complexity index is 1300. The van der Waals surface area contributed by atoms with Crippen LogP contribution in [-0.2, 0) is 16.0 Å². The summed E-state index contributed by atoms with van der Waals surface area (Å²) >= 11 is 3.20. The Morgan fingerprint density at radius 1 is 1.15 bits per heavy atom. The van der Waals surface area contributed by atoms with Gasteiger partial charge in [0.25, 0.3) is 0 Å². The van der Waals surface area contributed by atoms with Gasteiger partial charge in [0, 0.05) is 30.5 Å². The van der Waals surface area contributed by atoms with Crippen LogP contribution in [0, 0.1) is 12.3 Å². The molecule has 0 spiro atoms. The molecule has 3 aromatic rings. The average molecular weight is 571 g/mol. The third-order valence-corrected chi connectivity index (χ3v) is 8.61. The molecule has 0 bridgehead atoms. The van der Waals surface area contributed by atoms with E-state index in [9.17, 15) is 14.7 Å². The Morgan fingerprint density at radius 2 is 1.85 bits per heavy atom. The van der Waals surface area contributed by atoms with Gasteiger partial charge in [-0.15, -0.1) is 22.7 Å². The summed E-state index contributed by atoms with van der Waals surface area (Å²) < 4.78 is 5.42. The van der Waals surface area contributed by atoms with Crippen LogP contribution in [0.25, 0.3) is 10.4 Å². The molecule has 0 aliphatic carbocycles. The lowest BCUT2D eigenvalue weighted by atomic mass is 9.85. The number of likely N-dealkylation sites (tertiary alicyclic amines) is 1. The lowest BCUT2D eigenvalue weighted by Gasteiger charge is -2.35. The van der Waals surface area contributed by atoms with Crippen LogP contribution in [0.5, 0.6) is 0 Å². The van der Waals surface area contributed by atoms with Crippen molar-refractivity contribution in [2.75, 3.05) is 6.54 Å². The zero-order chi connectivity index (χ0) is 28.5. The molecular weight excluding hydrogens is 532 g/mol. The minimum absolute atomic E-state index is 0.194. The summed E-state index contributed by atoms with van der Waals surface area (Å²) in [5.41, 5.74) is 3.98. The van der Waals surface area contributed by atoms with E-state index in [-0.39, 0.29) is 18.5 Å². The van der Waals surface area contributed by atoms with Gasteiger partial charge in [-0.25, -0.2) is 14.8 Å². The van der Waals surface area contributed by atoms with Crippen molar-refractivity contribution in [2.24, 2.45) is 5.41 Å². The van der Waals surface area contributed by atoms with E-state index in [1.54, 1.807) is 48.3 Å². The molecule has 2 aromatic heterocycles. The van der Waals surface area contributed by atoms with Gasteiger partial charge in [-0.3, -0.25) is 4.79 Å². The van der Waals surface area contributed by atoms with E-state index in [2.05, 4.69) is 39.6 Å². The molecule has 1 aliphatic heterocycles. The van der Waals surface area contributed by atoms with Crippen molar-refractivity contribution in [3.8, 4) is 10.4 Å². The van der Waals surface area contributed by atoms with Crippen molar-refractivity contribution in [2.45, 2.75) is 85.1 Å². The van der Waals surface area contributed by atoms with Crippen LogP contribution in [0.2, 0.25) is 0 Å². The van der Waals surface area contributed by atoms with Crippen molar-refractivity contribution in [1.82, 2.24) is 20.2 Å². The van der Waals surface area contributed by atoms with Crippen LogP contribution in [-0.4, -0.2) is 56.3 Å². The summed E-state index contributed by atoms with van der Waals surface area (Å²) in [6, 6.07) is 7.32. The number of rotatable bonds is 6. The van der Waals surface area contributed by atoms with Crippen LogP contribution in [0.1, 0.15) is 75.1 Å². The SMILES string of the molecule is Cc1ncsc1-c1ccc(Cc2cnc([C@@H]3C[C@@H](O)CN3C(=O)C(NC(=O)OC(C)(C)C)C(C)(C)C)s2)cc1. The molecule has 10 heteroatoms. The molecule has 8 nitrogen and oxygen atoms in total. The van der Waals surface area contributed by atoms with Gasteiger partial charge in [0.15, 0.2) is 0 Å². The highest BCUT2D eigenvalue weighted by Crippen LogP contribution is 2.37. The second kappa shape index (κ2) is 11.3. The second-order valence-electron chi connectivity index (χ2n) is 12.1. The van der Waals surface area contributed by atoms with Gasteiger partial charge in [0.1, 0.15) is 16.7 Å². The van der Waals surface area contributed by atoms with E-state index in [0.717, 1.165) is 27.6 Å². The van der Waals surface area contributed by atoms with Crippen LogP contribution < -0.4 is 5.32 Å². The zero-order valence-corrected chi connectivity index (χ0v) is 25.3. The second-order valence-corrected chi connectivity index (χ2v) is 14.1. The maximum absolute atomic E-state index is 13.8. The molecule has 2 amide bonds. The first-order chi connectivity index (χ1) is 18.2. The maximum Gasteiger partial charge on any atom is 0.408 e. The van der Waals surface area contributed by atoms with Crippen molar-refractivity contribution in [3.05, 3.63) is 57.1 Å². The monoisotopic (exact) mass is 570 g/mol. The Kier molecular flexibility index (Phi) is 8.49. The number of aromatic nitrogens is 2. The third kappa shape index (κ3) is 7.23. The Morgan fingerprint density at radius 3 is 2.44 bits per heavy atom. The fraction of sp³-hybridized carbons (Fsp3) is 0.517. The van der Waals surface area contributed by atoms with E-state index >= 15 is 0 Å². The standard InChI is InChI=1S/C29H38N4O4S2/c1-17-23(38-16-31-17)19-10-8-18(9-11-19)12-21-14-30-25(39-21)22-13-20(34)15-33(22)26(35)24(28(2,3)4)32-27(36)37-29(5,6)7/h8-11,14,16,20,22,24,34H,12-13,15H2,1-7H3,(H,32,36)/t20-,22+,24?/m1/s1. The van der Waals surface area contributed by atoms with Gasteiger partial charge < -0.3 is 20.1 Å². The van der Waals surface area contributed by atoms with Crippen LogP contribution >= 0.6 is 22.7 Å². The number of benzene rings is 1. The number of ether oxygens (including phenoxy) is 1. The predicted octanol–water partition coefficient (Wildman–Crippen LogP) is 5.74. The molecule has 3 heterocycles. The number of aryl methyl sites for hydroxylation is 1. The molecule has 39 heavy (non-hydrogen) atoms. The fourth-order valence-electron chi connectivity index (χ4n) is 4.64. The van der Waals surface area contributed by atoms with Crippen LogP contribution in [0.4, 0.5) is 4.79 Å². The number of hydrogen-bond donors (Lipinski definition) is 2. The largest absolute Gasteiger partial charge is 0.444 e. The highest BCUT2D eigenvalue weighted by Gasteiger charge is 2.43. The van der Waals surface area contributed by atoms with E-state index in [0.29, 0.717) is 6.42 Å². The Balaban J connectivity index is 1.49. The van der Waals surface area contributed by atoms with Gasteiger partial charge in [0.05, 0.1) is 28.2 Å². The summed E-state index contributed by atoms with van der Waals surface area (Å²) in [5.74, 6) is -0.249. The molecule has 1 fully saturated rings. The van der Waals surface area contributed by atoms with Crippen molar-refractivity contribution in [1.29, 1.82) is 0 Å². The number of β-amino-alcohol motifs (C(OH)–C–C–N with tert-alkyl or cyclic N) is 1. The van der Waals surface area contributed by atoms with E-state index in [1.165, 1.54) is 10.4 Å². The average Bonchev–Trinajstić information content (AvgIpc) is 3.55. The normalized spacial score (nSPS) is 18.7. The zero-order valence-electron chi connectivity index (χ0n) is 23.6. The molecule has 4 rings (SSSR count). The van der Waals surface area contributed by atoms with E-state index < -0.39 is 29.3 Å². The van der Waals surface area contributed by atoms with Crippen LogP contribution in [0.3, 0.4) is 0 Å². The topological polar surface area (TPSA) is 105 Å². The molecule has 3 atom stereocenters. The van der Waals surface area contributed by atoms with Gasteiger partial charge >= 0.3 is 6.09 Å². The number of thiazole rings is 2. The Labute approximate surface area is 238 Å². The van der Waals surface area contributed by atoms with Crippen LogP contribution in [0.15, 0.2) is 36.0 Å². The number of hydrogen-bond acceptors (Lipinski definition) is 8. The molecule has 0 radical (unpaired) electrons. The van der Waals surface area contributed by atoms with Gasteiger partial charge in [-0.2, -0.15) is 0 Å². The molecule has 1 aromatic carbocycles. The minimum atomic E-state index is -0.819. The fourth-order valence-corrected chi connectivity index (χ4v) is 6.53.